The maximum absolute atomic E-state index is 8.89. The first-order valence-electron chi connectivity index (χ1n) is 7.18. The third-order valence-electron chi connectivity index (χ3n) is 3.15. The van der Waals surface area contributed by atoms with Gasteiger partial charge in [-0.3, -0.25) is 0 Å². The van der Waals surface area contributed by atoms with Crippen LogP contribution >= 0.6 is 0 Å². The minimum absolute atomic E-state index is 0.972. The first-order valence-corrected chi connectivity index (χ1v) is 7.18. The first-order chi connectivity index (χ1) is 8.99. The molecule has 0 bridgehead atoms. The number of aromatic nitrogens is 2. The summed E-state index contributed by atoms with van der Waals surface area (Å²) in [5, 5.41) is 8.89. The van der Waals surface area contributed by atoms with Crippen molar-refractivity contribution in [2.24, 2.45) is 7.05 Å². The number of unbranched alkanes of at least 4 members (excludes halogenated alkanes) is 5. The molecule has 0 atom stereocenters. The Morgan fingerprint density at radius 2 is 1.79 bits per heavy atom. The van der Waals surface area contributed by atoms with Gasteiger partial charge in [0.1, 0.15) is 12.4 Å². The lowest BCUT2D eigenvalue weighted by Crippen LogP contribution is -2.29. The third-order valence-corrected chi connectivity index (χ3v) is 3.15. The summed E-state index contributed by atoms with van der Waals surface area (Å²) in [6.45, 7) is 6.60. The van der Waals surface area contributed by atoms with Gasteiger partial charge in [-0.25, -0.2) is 9.13 Å². The van der Waals surface area contributed by atoms with E-state index in [4.69, 9.17) is 9.90 Å². The van der Waals surface area contributed by atoms with Gasteiger partial charge in [-0.05, 0) is 19.8 Å². The molecule has 0 saturated carbocycles. The molecule has 0 saturated heterocycles. The molecule has 0 unspecified atom stereocenters. The Morgan fingerprint density at radius 1 is 1.26 bits per heavy atom. The fourth-order valence-corrected chi connectivity index (χ4v) is 1.90. The molecule has 0 N–H and O–H groups in total. The van der Waals surface area contributed by atoms with Crippen LogP contribution in [-0.2, 0) is 18.4 Å². The molecule has 4 heteroatoms. The van der Waals surface area contributed by atoms with Crippen LogP contribution in [-0.4, -0.2) is 10.5 Å². The van der Waals surface area contributed by atoms with Gasteiger partial charge in [-0.2, -0.15) is 0 Å². The predicted octanol–water partition coefficient (Wildman–Crippen LogP) is 1.74. The van der Waals surface area contributed by atoms with Crippen LogP contribution < -0.4 is 9.67 Å². The Labute approximate surface area is 117 Å². The van der Waals surface area contributed by atoms with E-state index in [0.717, 1.165) is 6.92 Å². The van der Waals surface area contributed by atoms with Crippen LogP contribution in [0.4, 0.5) is 0 Å². The molecular formula is C15H28N2O2. The standard InChI is InChI=1S/C13H25N2.C2H4O2/c1-4-5-6-7-8-9-10-15-12-11-14(3)13(15)2;1-2(3)4/h11-12H,4-10H2,1-3H3;1H3,(H,3,4)/q+1;/p-1. The number of carbonyl (C=O) groups excluding carboxylic acids is 1. The predicted molar refractivity (Wildman–Crippen MR) is 74.4 cm³/mol. The van der Waals surface area contributed by atoms with E-state index in [1.165, 1.54) is 50.9 Å². The maximum Gasteiger partial charge on any atom is 0.253 e. The van der Waals surface area contributed by atoms with E-state index in [9.17, 15) is 0 Å². The van der Waals surface area contributed by atoms with Crippen molar-refractivity contribution in [1.29, 1.82) is 0 Å². The molecule has 1 rings (SSSR count). The molecule has 0 amide bonds. The summed E-state index contributed by atoms with van der Waals surface area (Å²) >= 11 is 0. The second-order valence-corrected chi connectivity index (χ2v) is 4.91. The highest BCUT2D eigenvalue weighted by molar-refractivity contribution is 5.60. The average molecular weight is 268 g/mol. The third kappa shape index (κ3) is 9.28. The van der Waals surface area contributed by atoms with Gasteiger partial charge >= 0.3 is 0 Å². The summed E-state index contributed by atoms with van der Waals surface area (Å²) in [5.41, 5.74) is 0. The number of carboxylic acid groups (broad SMARTS) is 1. The van der Waals surface area contributed by atoms with Crippen LogP contribution in [0.5, 0.6) is 0 Å². The number of carboxylic acids is 1. The Morgan fingerprint density at radius 3 is 2.26 bits per heavy atom. The molecule has 0 fully saturated rings. The number of rotatable bonds is 7. The molecule has 0 radical (unpaired) electrons. The van der Waals surface area contributed by atoms with E-state index < -0.39 is 5.97 Å². The maximum atomic E-state index is 8.89. The zero-order valence-corrected chi connectivity index (χ0v) is 12.8. The lowest BCUT2D eigenvalue weighted by Gasteiger charge is -2.00. The van der Waals surface area contributed by atoms with Gasteiger partial charge in [0, 0.05) is 12.9 Å². The zero-order valence-electron chi connectivity index (χ0n) is 12.8. The number of aryl methyl sites for hydroxylation is 2. The molecule has 0 aromatic carbocycles. The summed E-state index contributed by atoms with van der Waals surface area (Å²) in [6, 6.07) is 0. The Balaban J connectivity index is 0.000000711. The van der Waals surface area contributed by atoms with Crippen LogP contribution in [0.1, 0.15) is 58.2 Å². The summed E-state index contributed by atoms with van der Waals surface area (Å²) in [4.78, 5) is 8.89. The van der Waals surface area contributed by atoms with Crippen LogP contribution in [0.25, 0.3) is 0 Å². The summed E-state index contributed by atoms with van der Waals surface area (Å²) in [7, 11) is 2.10. The van der Waals surface area contributed by atoms with E-state index in [-0.39, 0.29) is 0 Å². The number of nitrogens with zero attached hydrogens (tertiary/aromatic N) is 2. The first kappa shape index (κ1) is 17.7. The molecule has 19 heavy (non-hydrogen) atoms. The highest BCUT2D eigenvalue weighted by atomic mass is 16.4. The van der Waals surface area contributed by atoms with Gasteiger partial charge in [0.15, 0.2) is 0 Å². The quantitative estimate of drug-likeness (QED) is 0.558. The van der Waals surface area contributed by atoms with Crippen molar-refractivity contribution < 1.29 is 14.5 Å². The van der Waals surface area contributed by atoms with E-state index >= 15 is 0 Å². The van der Waals surface area contributed by atoms with Gasteiger partial charge in [0.05, 0.1) is 13.6 Å². The SMILES string of the molecule is CC(=O)[O-].CCCCCCCCn1cc[n+](C)c1C. The number of hydrogen-bond acceptors (Lipinski definition) is 2. The minimum atomic E-state index is -1.08. The van der Waals surface area contributed by atoms with Crippen LogP contribution in [0, 0.1) is 6.92 Å². The van der Waals surface area contributed by atoms with Crippen molar-refractivity contribution in [2.45, 2.75) is 65.8 Å². The van der Waals surface area contributed by atoms with Crippen molar-refractivity contribution in [1.82, 2.24) is 4.57 Å². The second-order valence-electron chi connectivity index (χ2n) is 4.91. The lowest BCUT2D eigenvalue weighted by atomic mass is 10.1. The van der Waals surface area contributed by atoms with Crippen LogP contribution in [0.15, 0.2) is 12.4 Å². The highest BCUT2D eigenvalue weighted by Crippen LogP contribution is 2.06. The normalized spacial score (nSPS) is 9.89. The molecule has 110 valence electrons. The molecule has 0 aliphatic heterocycles. The van der Waals surface area contributed by atoms with Gasteiger partial charge in [-0.1, -0.05) is 32.6 Å². The van der Waals surface area contributed by atoms with E-state index in [1.54, 1.807) is 0 Å². The molecule has 1 aromatic rings. The number of imidazole rings is 1. The van der Waals surface area contributed by atoms with Crippen LogP contribution in [0.3, 0.4) is 0 Å². The smallest absolute Gasteiger partial charge is 0.253 e. The highest BCUT2D eigenvalue weighted by Gasteiger charge is 2.07. The summed E-state index contributed by atoms with van der Waals surface area (Å²) < 4.78 is 4.52. The van der Waals surface area contributed by atoms with Crippen molar-refractivity contribution >= 4 is 5.97 Å². The van der Waals surface area contributed by atoms with Gasteiger partial charge in [0.2, 0.25) is 0 Å². The van der Waals surface area contributed by atoms with E-state index in [1.807, 2.05) is 0 Å². The van der Waals surface area contributed by atoms with Gasteiger partial charge in [-0.15, -0.1) is 0 Å². The van der Waals surface area contributed by atoms with Crippen molar-refractivity contribution in [3.8, 4) is 0 Å². The molecule has 0 aliphatic carbocycles. The Kier molecular flexibility index (Phi) is 9.85. The Bertz CT molecular complexity index is 355. The van der Waals surface area contributed by atoms with E-state index in [2.05, 4.69) is 42.4 Å². The number of aliphatic carboxylic acids is 1. The van der Waals surface area contributed by atoms with Gasteiger partial charge < -0.3 is 9.90 Å². The molecule has 0 aliphatic rings. The van der Waals surface area contributed by atoms with Crippen molar-refractivity contribution in [3.05, 3.63) is 18.2 Å². The second kappa shape index (κ2) is 10.6. The fourth-order valence-electron chi connectivity index (χ4n) is 1.90. The van der Waals surface area contributed by atoms with E-state index in [0.29, 0.717) is 0 Å². The van der Waals surface area contributed by atoms with Crippen LogP contribution in [0.2, 0.25) is 0 Å². The molecule has 0 spiro atoms. The molecular weight excluding hydrogens is 240 g/mol. The molecule has 4 nitrogen and oxygen atoms in total. The number of carbonyl (C=O) groups is 1. The van der Waals surface area contributed by atoms with Crippen molar-refractivity contribution in [2.75, 3.05) is 0 Å². The Hall–Kier alpha value is -1.32. The number of hydrogen-bond donors (Lipinski definition) is 0. The summed E-state index contributed by atoms with van der Waals surface area (Å²) in [6.07, 6.45) is 12.6. The topological polar surface area (TPSA) is 48.9 Å². The fraction of sp³-hybridized carbons (Fsp3) is 0.733. The molecule has 1 heterocycles. The van der Waals surface area contributed by atoms with Crippen molar-refractivity contribution in [3.63, 3.8) is 0 Å². The largest absolute Gasteiger partial charge is 0.550 e. The zero-order chi connectivity index (χ0) is 14.7. The lowest BCUT2D eigenvalue weighted by molar-refractivity contribution is -0.677. The minimum Gasteiger partial charge on any atom is -0.550 e. The molecule has 1 aromatic heterocycles. The average Bonchev–Trinajstić information content (AvgIpc) is 2.64. The van der Waals surface area contributed by atoms with Gasteiger partial charge in [0.25, 0.3) is 5.82 Å². The monoisotopic (exact) mass is 268 g/mol. The summed E-state index contributed by atoms with van der Waals surface area (Å²) in [5.74, 6) is 0.267.